The molecular formula is C24H47NO3. The standard InChI is InChI=1S/C24H47NO3/c1-2-3-4-5-6-7-8-9-10-11-12-13-14-15-16-17-22-28-23-18-20-25-21-19-24(26)27/h9-10,25H,2-8,11-23H2,1H3,(H,26,27)/b10-9-. The van der Waals surface area contributed by atoms with Gasteiger partial charge in [0.05, 0.1) is 6.42 Å². The van der Waals surface area contributed by atoms with Gasteiger partial charge in [0.2, 0.25) is 0 Å². The van der Waals surface area contributed by atoms with Crippen LogP contribution in [0.2, 0.25) is 0 Å². The monoisotopic (exact) mass is 397 g/mol. The van der Waals surface area contributed by atoms with Crippen LogP contribution < -0.4 is 5.32 Å². The van der Waals surface area contributed by atoms with E-state index in [4.69, 9.17) is 9.84 Å². The second-order valence-corrected chi connectivity index (χ2v) is 7.80. The predicted molar refractivity (Wildman–Crippen MR) is 120 cm³/mol. The Morgan fingerprint density at radius 3 is 1.89 bits per heavy atom. The quantitative estimate of drug-likeness (QED) is 0.153. The van der Waals surface area contributed by atoms with Gasteiger partial charge in [-0.2, -0.15) is 0 Å². The van der Waals surface area contributed by atoms with E-state index < -0.39 is 5.97 Å². The molecule has 28 heavy (non-hydrogen) atoms. The van der Waals surface area contributed by atoms with E-state index >= 15 is 0 Å². The maximum atomic E-state index is 10.3. The fourth-order valence-electron chi connectivity index (χ4n) is 3.17. The summed E-state index contributed by atoms with van der Waals surface area (Å²) >= 11 is 0. The molecule has 0 rings (SSSR count). The molecule has 0 atom stereocenters. The molecule has 0 aromatic carbocycles. The van der Waals surface area contributed by atoms with Crippen LogP contribution in [0.1, 0.15) is 110 Å². The van der Waals surface area contributed by atoms with E-state index in [9.17, 15) is 4.79 Å². The number of carboxylic acids is 1. The Balaban J connectivity index is 3.06. The van der Waals surface area contributed by atoms with Crippen LogP contribution in [-0.4, -0.2) is 37.4 Å². The molecule has 2 N–H and O–H groups in total. The summed E-state index contributed by atoms with van der Waals surface area (Å²) in [5.74, 6) is -0.747. The third-order valence-electron chi connectivity index (χ3n) is 4.96. The number of allylic oxidation sites excluding steroid dienone is 2. The van der Waals surface area contributed by atoms with Crippen molar-refractivity contribution in [2.24, 2.45) is 0 Å². The van der Waals surface area contributed by atoms with Gasteiger partial charge in [-0.25, -0.2) is 0 Å². The molecule has 0 aliphatic rings. The van der Waals surface area contributed by atoms with E-state index in [1.807, 2.05) is 0 Å². The lowest BCUT2D eigenvalue weighted by Crippen LogP contribution is -2.20. The highest BCUT2D eigenvalue weighted by Gasteiger charge is 1.96. The molecule has 0 aromatic heterocycles. The molecule has 0 saturated heterocycles. The number of carboxylic acid groups (broad SMARTS) is 1. The minimum atomic E-state index is -0.747. The number of rotatable bonds is 23. The second kappa shape index (κ2) is 24.2. The normalized spacial score (nSPS) is 11.5. The first-order valence-corrected chi connectivity index (χ1v) is 11.9. The SMILES string of the molecule is CCCCCCCC/C=C\CCCCCCCCOCCCNCCC(=O)O. The number of aliphatic carboxylic acids is 1. The van der Waals surface area contributed by atoms with Gasteiger partial charge < -0.3 is 15.2 Å². The predicted octanol–water partition coefficient (Wildman–Crippen LogP) is 6.49. The molecule has 0 fully saturated rings. The van der Waals surface area contributed by atoms with Gasteiger partial charge in [0, 0.05) is 19.8 Å². The minimum absolute atomic E-state index is 0.191. The van der Waals surface area contributed by atoms with Gasteiger partial charge in [0.15, 0.2) is 0 Å². The van der Waals surface area contributed by atoms with E-state index in [1.54, 1.807) is 0 Å². The Kier molecular flexibility index (Phi) is 23.4. The van der Waals surface area contributed by atoms with Crippen molar-refractivity contribution in [3.63, 3.8) is 0 Å². The van der Waals surface area contributed by atoms with Gasteiger partial charge in [-0.15, -0.1) is 0 Å². The zero-order chi connectivity index (χ0) is 20.5. The Morgan fingerprint density at radius 2 is 1.29 bits per heavy atom. The summed E-state index contributed by atoms with van der Waals surface area (Å²) in [4.78, 5) is 10.3. The van der Waals surface area contributed by atoms with Crippen molar-refractivity contribution in [2.45, 2.75) is 110 Å². The van der Waals surface area contributed by atoms with Gasteiger partial charge in [0.25, 0.3) is 0 Å². The molecule has 4 nitrogen and oxygen atoms in total. The van der Waals surface area contributed by atoms with Crippen LogP contribution in [0.15, 0.2) is 12.2 Å². The van der Waals surface area contributed by atoms with Gasteiger partial charge >= 0.3 is 5.97 Å². The number of nitrogens with one attached hydrogen (secondary N) is 1. The summed E-state index contributed by atoms with van der Waals surface area (Å²) in [5.41, 5.74) is 0. The molecule has 0 saturated carbocycles. The molecule has 166 valence electrons. The summed E-state index contributed by atoms with van der Waals surface area (Å²) in [7, 11) is 0. The molecule has 0 aliphatic carbocycles. The zero-order valence-electron chi connectivity index (χ0n) is 18.6. The van der Waals surface area contributed by atoms with Crippen LogP contribution in [0.3, 0.4) is 0 Å². The van der Waals surface area contributed by atoms with E-state index in [0.29, 0.717) is 6.54 Å². The number of ether oxygens (including phenoxy) is 1. The summed E-state index contributed by atoms with van der Waals surface area (Å²) in [6.07, 6.45) is 24.5. The topological polar surface area (TPSA) is 58.6 Å². The van der Waals surface area contributed by atoms with E-state index in [1.165, 1.54) is 83.5 Å². The average Bonchev–Trinajstić information content (AvgIpc) is 2.68. The average molecular weight is 398 g/mol. The Labute approximate surface area is 174 Å². The first-order chi connectivity index (χ1) is 13.8. The van der Waals surface area contributed by atoms with Crippen molar-refractivity contribution >= 4 is 5.97 Å². The fraction of sp³-hybridized carbons (Fsp3) is 0.875. The molecule has 0 unspecified atom stereocenters. The van der Waals surface area contributed by atoms with Crippen LogP contribution in [0, 0.1) is 0 Å². The molecule has 0 spiro atoms. The van der Waals surface area contributed by atoms with Crippen molar-refractivity contribution in [1.29, 1.82) is 0 Å². The summed E-state index contributed by atoms with van der Waals surface area (Å²) in [6, 6.07) is 0. The molecule has 0 heterocycles. The van der Waals surface area contributed by atoms with Crippen LogP contribution >= 0.6 is 0 Å². The van der Waals surface area contributed by atoms with Gasteiger partial charge in [-0.05, 0) is 45.1 Å². The van der Waals surface area contributed by atoms with Crippen LogP contribution in [0.4, 0.5) is 0 Å². The van der Waals surface area contributed by atoms with Crippen LogP contribution in [0.5, 0.6) is 0 Å². The maximum absolute atomic E-state index is 10.3. The molecule has 0 amide bonds. The van der Waals surface area contributed by atoms with E-state index in [0.717, 1.165) is 32.6 Å². The maximum Gasteiger partial charge on any atom is 0.304 e. The molecular weight excluding hydrogens is 350 g/mol. The molecule has 0 aliphatic heterocycles. The summed E-state index contributed by atoms with van der Waals surface area (Å²) in [5, 5.41) is 11.6. The Bertz CT molecular complexity index is 345. The third kappa shape index (κ3) is 25.1. The van der Waals surface area contributed by atoms with Gasteiger partial charge in [-0.3, -0.25) is 4.79 Å². The fourth-order valence-corrected chi connectivity index (χ4v) is 3.17. The van der Waals surface area contributed by atoms with Crippen LogP contribution in [-0.2, 0) is 9.53 Å². The summed E-state index contributed by atoms with van der Waals surface area (Å²) < 4.78 is 5.61. The number of unbranched alkanes of at least 4 members (excludes halogenated alkanes) is 12. The third-order valence-corrected chi connectivity index (χ3v) is 4.96. The Morgan fingerprint density at radius 1 is 0.750 bits per heavy atom. The number of carbonyl (C=O) groups is 1. The van der Waals surface area contributed by atoms with Crippen molar-refractivity contribution < 1.29 is 14.6 Å². The lowest BCUT2D eigenvalue weighted by Gasteiger charge is -2.05. The highest BCUT2D eigenvalue weighted by Crippen LogP contribution is 2.10. The minimum Gasteiger partial charge on any atom is -0.481 e. The van der Waals surface area contributed by atoms with Crippen molar-refractivity contribution in [3.05, 3.63) is 12.2 Å². The lowest BCUT2D eigenvalue weighted by atomic mass is 10.1. The van der Waals surface area contributed by atoms with Crippen molar-refractivity contribution in [2.75, 3.05) is 26.3 Å². The molecule has 0 radical (unpaired) electrons. The smallest absolute Gasteiger partial charge is 0.304 e. The molecule has 0 aromatic rings. The number of hydrogen-bond acceptors (Lipinski definition) is 3. The molecule has 4 heteroatoms. The van der Waals surface area contributed by atoms with Crippen LogP contribution in [0.25, 0.3) is 0 Å². The van der Waals surface area contributed by atoms with Crippen molar-refractivity contribution in [3.8, 4) is 0 Å². The first kappa shape index (κ1) is 27.1. The van der Waals surface area contributed by atoms with Gasteiger partial charge in [0.1, 0.15) is 0 Å². The Hall–Kier alpha value is -0.870. The largest absolute Gasteiger partial charge is 0.481 e. The van der Waals surface area contributed by atoms with E-state index in [2.05, 4.69) is 24.4 Å². The summed E-state index contributed by atoms with van der Waals surface area (Å²) in [6.45, 7) is 5.28. The second-order valence-electron chi connectivity index (χ2n) is 7.80. The molecule has 0 bridgehead atoms. The van der Waals surface area contributed by atoms with Gasteiger partial charge in [-0.1, -0.05) is 76.9 Å². The first-order valence-electron chi connectivity index (χ1n) is 11.9. The highest BCUT2D eigenvalue weighted by molar-refractivity contribution is 5.66. The zero-order valence-corrected chi connectivity index (χ0v) is 18.6. The van der Waals surface area contributed by atoms with E-state index in [-0.39, 0.29) is 6.42 Å². The number of hydrogen-bond donors (Lipinski definition) is 2. The van der Waals surface area contributed by atoms with Crippen molar-refractivity contribution in [1.82, 2.24) is 5.32 Å². The highest BCUT2D eigenvalue weighted by atomic mass is 16.5. The lowest BCUT2D eigenvalue weighted by molar-refractivity contribution is -0.136.